The van der Waals surface area contributed by atoms with Crippen LogP contribution in [0.4, 0.5) is 4.39 Å². The molecule has 1 fully saturated rings. The Morgan fingerprint density at radius 1 is 1.25 bits per heavy atom. The van der Waals surface area contributed by atoms with Crippen molar-refractivity contribution in [2.75, 3.05) is 53.0 Å². The molecule has 0 saturated carbocycles. The first kappa shape index (κ1) is 18.8. The van der Waals surface area contributed by atoms with Gasteiger partial charge < -0.3 is 10.1 Å². The lowest BCUT2D eigenvalue weighted by molar-refractivity contribution is -0.126. The number of rotatable bonds is 8. The van der Waals surface area contributed by atoms with Gasteiger partial charge in [0.15, 0.2) is 0 Å². The molecule has 0 aliphatic carbocycles. The molecule has 6 heteroatoms. The van der Waals surface area contributed by atoms with Crippen molar-refractivity contribution in [1.82, 2.24) is 15.1 Å². The first-order chi connectivity index (χ1) is 11.6. The van der Waals surface area contributed by atoms with E-state index in [4.69, 9.17) is 4.74 Å². The molecule has 1 aromatic rings. The van der Waals surface area contributed by atoms with Crippen LogP contribution in [0.15, 0.2) is 24.3 Å². The lowest BCUT2D eigenvalue weighted by atomic mass is 10.1. The van der Waals surface area contributed by atoms with Crippen molar-refractivity contribution in [3.8, 4) is 0 Å². The van der Waals surface area contributed by atoms with Crippen LogP contribution in [-0.4, -0.2) is 74.7 Å². The van der Waals surface area contributed by atoms with Gasteiger partial charge in [0.05, 0.1) is 12.6 Å². The molecule has 0 spiro atoms. The predicted octanol–water partition coefficient (Wildman–Crippen LogP) is 1.14. The van der Waals surface area contributed by atoms with E-state index < -0.39 is 0 Å². The minimum absolute atomic E-state index is 0.0578. The zero-order chi connectivity index (χ0) is 17.4. The van der Waals surface area contributed by atoms with Crippen LogP contribution in [0.5, 0.6) is 0 Å². The lowest BCUT2D eigenvalue weighted by Gasteiger charge is -2.37. The summed E-state index contributed by atoms with van der Waals surface area (Å²) in [6, 6.07) is 6.28. The van der Waals surface area contributed by atoms with Gasteiger partial charge in [-0.1, -0.05) is 12.1 Å². The predicted molar refractivity (Wildman–Crippen MR) is 92.5 cm³/mol. The van der Waals surface area contributed by atoms with Crippen LogP contribution in [-0.2, 0) is 16.0 Å². The van der Waals surface area contributed by atoms with E-state index in [0.29, 0.717) is 13.0 Å². The van der Waals surface area contributed by atoms with E-state index in [0.717, 1.165) is 44.9 Å². The molecular weight excluding hydrogens is 309 g/mol. The van der Waals surface area contributed by atoms with Crippen molar-refractivity contribution in [2.24, 2.45) is 0 Å². The summed E-state index contributed by atoms with van der Waals surface area (Å²) in [4.78, 5) is 16.9. The van der Waals surface area contributed by atoms with Gasteiger partial charge in [-0.3, -0.25) is 14.6 Å². The topological polar surface area (TPSA) is 44.8 Å². The molecular formula is C18H28FN3O2. The summed E-state index contributed by atoms with van der Waals surface area (Å²) in [5.41, 5.74) is 1.02. The van der Waals surface area contributed by atoms with Gasteiger partial charge in [-0.2, -0.15) is 0 Å². The number of carbonyl (C=O) groups excluding carboxylic acids is 1. The molecule has 1 aliphatic rings. The van der Waals surface area contributed by atoms with Crippen LogP contribution in [0.25, 0.3) is 0 Å². The summed E-state index contributed by atoms with van der Waals surface area (Å²) < 4.78 is 18.0. The zero-order valence-corrected chi connectivity index (χ0v) is 14.6. The molecule has 1 heterocycles. The van der Waals surface area contributed by atoms with E-state index in [1.54, 1.807) is 19.2 Å². The SMILES string of the molecule is COCCN1CCN([C@H](C)C(=O)NCCc2ccc(F)cc2)CC1. The fourth-order valence-corrected chi connectivity index (χ4v) is 2.89. The smallest absolute Gasteiger partial charge is 0.237 e. The highest BCUT2D eigenvalue weighted by Crippen LogP contribution is 2.07. The average molecular weight is 337 g/mol. The minimum atomic E-state index is -0.235. The Labute approximate surface area is 143 Å². The number of benzene rings is 1. The van der Waals surface area contributed by atoms with E-state index in [1.807, 2.05) is 6.92 Å². The van der Waals surface area contributed by atoms with Crippen molar-refractivity contribution >= 4 is 5.91 Å². The number of nitrogens with zero attached hydrogens (tertiary/aromatic N) is 2. The van der Waals surface area contributed by atoms with Gasteiger partial charge in [0.2, 0.25) is 5.91 Å². The molecule has 1 amide bonds. The quantitative estimate of drug-likeness (QED) is 0.773. The lowest BCUT2D eigenvalue weighted by Crippen LogP contribution is -2.54. The molecule has 1 N–H and O–H groups in total. The second-order valence-electron chi connectivity index (χ2n) is 6.21. The second kappa shape index (κ2) is 9.71. The molecule has 134 valence electrons. The monoisotopic (exact) mass is 337 g/mol. The standard InChI is InChI=1S/C18H28FN3O2/c1-15(22-11-9-21(10-12-22)13-14-24-2)18(23)20-8-7-16-3-5-17(19)6-4-16/h3-6,15H,7-14H2,1-2H3,(H,20,23)/t15-/m1/s1. The van der Waals surface area contributed by atoms with E-state index in [2.05, 4.69) is 15.1 Å². The molecule has 1 saturated heterocycles. The summed E-state index contributed by atoms with van der Waals surface area (Å²) in [7, 11) is 1.72. The molecule has 0 unspecified atom stereocenters. The number of hydrogen-bond donors (Lipinski definition) is 1. The first-order valence-electron chi connectivity index (χ1n) is 8.57. The van der Waals surface area contributed by atoms with E-state index in [-0.39, 0.29) is 17.8 Å². The highest BCUT2D eigenvalue weighted by Gasteiger charge is 2.25. The maximum absolute atomic E-state index is 12.9. The van der Waals surface area contributed by atoms with Crippen LogP contribution in [0.3, 0.4) is 0 Å². The third-order valence-electron chi connectivity index (χ3n) is 4.57. The highest BCUT2D eigenvalue weighted by atomic mass is 19.1. The number of ether oxygens (including phenoxy) is 1. The molecule has 2 rings (SSSR count). The van der Waals surface area contributed by atoms with Crippen LogP contribution in [0.2, 0.25) is 0 Å². The number of halogens is 1. The summed E-state index contributed by atoms with van der Waals surface area (Å²) in [5.74, 6) is -0.177. The second-order valence-corrected chi connectivity index (χ2v) is 6.21. The number of methoxy groups -OCH3 is 1. The Morgan fingerprint density at radius 3 is 2.54 bits per heavy atom. The van der Waals surface area contributed by atoms with Crippen LogP contribution >= 0.6 is 0 Å². The Morgan fingerprint density at radius 2 is 1.92 bits per heavy atom. The zero-order valence-electron chi connectivity index (χ0n) is 14.6. The Hall–Kier alpha value is -1.50. The number of amides is 1. The van der Waals surface area contributed by atoms with E-state index in [1.165, 1.54) is 12.1 Å². The fourth-order valence-electron chi connectivity index (χ4n) is 2.89. The maximum Gasteiger partial charge on any atom is 0.237 e. The third-order valence-corrected chi connectivity index (χ3v) is 4.57. The van der Waals surface area contributed by atoms with Gasteiger partial charge in [-0.05, 0) is 31.0 Å². The normalized spacial score (nSPS) is 17.6. The van der Waals surface area contributed by atoms with Crippen molar-refractivity contribution in [1.29, 1.82) is 0 Å². The largest absolute Gasteiger partial charge is 0.383 e. The van der Waals surface area contributed by atoms with Crippen molar-refractivity contribution < 1.29 is 13.9 Å². The molecule has 0 radical (unpaired) electrons. The number of piperazine rings is 1. The van der Waals surface area contributed by atoms with Crippen molar-refractivity contribution in [3.63, 3.8) is 0 Å². The molecule has 1 aromatic carbocycles. The number of hydrogen-bond acceptors (Lipinski definition) is 4. The molecule has 5 nitrogen and oxygen atoms in total. The van der Waals surface area contributed by atoms with Gasteiger partial charge in [0.1, 0.15) is 5.82 Å². The third kappa shape index (κ3) is 5.85. The molecule has 1 atom stereocenters. The Kier molecular flexibility index (Phi) is 7.62. The van der Waals surface area contributed by atoms with E-state index in [9.17, 15) is 9.18 Å². The first-order valence-corrected chi connectivity index (χ1v) is 8.57. The Bertz CT molecular complexity index is 501. The number of nitrogens with one attached hydrogen (secondary N) is 1. The van der Waals surface area contributed by atoms with Gasteiger partial charge in [-0.25, -0.2) is 4.39 Å². The van der Waals surface area contributed by atoms with Crippen LogP contribution < -0.4 is 5.32 Å². The summed E-state index contributed by atoms with van der Waals surface area (Å²) in [6.45, 7) is 7.96. The highest BCUT2D eigenvalue weighted by molar-refractivity contribution is 5.81. The molecule has 24 heavy (non-hydrogen) atoms. The van der Waals surface area contributed by atoms with Gasteiger partial charge in [0, 0.05) is 46.4 Å². The minimum Gasteiger partial charge on any atom is -0.383 e. The fraction of sp³-hybridized carbons (Fsp3) is 0.611. The molecule has 1 aliphatic heterocycles. The Balaban J connectivity index is 1.67. The number of carbonyl (C=O) groups is 1. The summed E-state index contributed by atoms with van der Waals surface area (Å²) in [6.07, 6.45) is 0.712. The average Bonchev–Trinajstić information content (AvgIpc) is 2.61. The van der Waals surface area contributed by atoms with E-state index >= 15 is 0 Å². The van der Waals surface area contributed by atoms with Gasteiger partial charge in [0.25, 0.3) is 0 Å². The molecule has 0 bridgehead atoms. The van der Waals surface area contributed by atoms with Crippen LogP contribution in [0.1, 0.15) is 12.5 Å². The van der Waals surface area contributed by atoms with Gasteiger partial charge in [-0.15, -0.1) is 0 Å². The van der Waals surface area contributed by atoms with Crippen molar-refractivity contribution in [2.45, 2.75) is 19.4 Å². The molecule has 0 aromatic heterocycles. The summed E-state index contributed by atoms with van der Waals surface area (Å²) >= 11 is 0. The van der Waals surface area contributed by atoms with Crippen molar-refractivity contribution in [3.05, 3.63) is 35.6 Å². The van der Waals surface area contributed by atoms with Crippen LogP contribution in [0, 0.1) is 5.82 Å². The maximum atomic E-state index is 12.9. The van der Waals surface area contributed by atoms with Gasteiger partial charge >= 0.3 is 0 Å². The summed E-state index contributed by atoms with van der Waals surface area (Å²) in [5, 5.41) is 2.98.